The van der Waals surface area contributed by atoms with Gasteiger partial charge in [-0.1, -0.05) is 0 Å². The van der Waals surface area contributed by atoms with Crippen molar-refractivity contribution in [2.75, 3.05) is 26.6 Å². The Bertz CT molecular complexity index is 408. The van der Waals surface area contributed by atoms with E-state index in [0.29, 0.717) is 12.1 Å². The molecule has 0 amide bonds. The maximum atomic E-state index is 5.46. The maximum absolute atomic E-state index is 5.46. The standard InChI is InChI=1S/C15H23NO3/c1-17-13-6-4-5-11(9-13)16-12-7-8-14(18-2)15(10-12)19-3/h7-8,10-11,13,16H,4-6,9H2,1-3H3. The van der Waals surface area contributed by atoms with Gasteiger partial charge in [-0.2, -0.15) is 0 Å². The third-order valence-electron chi connectivity index (χ3n) is 3.71. The van der Waals surface area contributed by atoms with Crippen LogP contribution in [0.5, 0.6) is 11.5 Å². The number of anilines is 1. The van der Waals surface area contributed by atoms with Gasteiger partial charge in [0.2, 0.25) is 0 Å². The van der Waals surface area contributed by atoms with Crippen molar-refractivity contribution in [2.45, 2.75) is 37.8 Å². The summed E-state index contributed by atoms with van der Waals surface area (Å²) in [5.74, 6) is 1.51. The van der Waals surface area contributed by atoms with Crippen molar-refractivity contribution in [2.24, 2.45) is 0 Å². The summed E-state index contributed by atoms with van der Waals surface area (Å²) < 4.78 is 16.0. The number of methoxy groups -OCH3 is 3. The van der Waals surface area contributed by atoms with Gasteiger partial charge in [-0.15, -0.1) is 0 Å². The molecular weight excluding hydrogens is 242 g/mol. The van der Waals surface area contributed by atoms with Crippen molar-refractivity contribution < 1.29 is 14.2 Å². The molecular formula is C15H23NO3. The number of ether oxygens (including phenoxy) is 3. The van der Waals surface area contributed by atoms with E-state index in [-0.39, 0.29) is 0 Å². The molecule has 1 N–H and O–H groups in total. The summed E-state index contributed by atoms with van der Waals surface area (Å²) in [6.07, 6.45) is 5.01. The molecule has 106 valence electrons. The normalized spacial score (nSPS) is 22.9. The molecule has 1 aromatic rings. The van der Waals surface area contributed by atoms with Gasteiger partial charge in [-0.25, -0.2) is 0 Å². The minimum atomic E-state index is 0.381. The van der Waals surface area contributed by atoms with Crippen molar-refractivity contribution >= 4 is 5.69 Å². The van der Waals surface area contributed by atoms with Gasteiger partial charge >= 0.3 is 0 Å². The fourth-order valence-electron chi connectivity index (χ4n) is 2.65. The molecule has 2 rings (SSSR count). The first-order chi connectivity index (χ1) is 9.26. The van der Waals surface area contributed by atoms with Crippen LogP contribution in [-0.2, 0) is 4.74 Å². The molecule has 2 atom stereocenters. The summed E-state index contributed by atoms with van der Waals surface area (Å²) >= 11 is 0. The number of benzene rings is 1. The molecule has 0 saturated heterocycles. The molecule has 19 heavy (non-hydrogen) atoms. The first-order valence-corrected chi connectivity index (χ1v) is 6.78. The summed E-state index contributed by atoms with van der Waals surface area (Å²) in [5.41, 5.74) is 1.07. The van der Waals surface area contributed by atoms with Crippen LogP contribution in [0, 0.1) is 0 Å². The van der Waals surface area contributed by atoms with Crippen LogP contribution < -0.4 is 14.8 Å². The third kappa shape index (κ3) is 3.53. The molecule has 0 aliphatic heterocycles. The average molecular weight is 265 g/mol. The Balaban J connectivity index is 2.02. The van der Waals surface area contributed by atoms with Gasteiger partial charge in [0.05, 0.1) is 20.3 Å². The summed E-state index contributed by atoms with van der Waals surface area (Å²) in [6.45, 7) is 0. The smallest absolute Gasteiger partial charge is 0.162 e. The van der Waals surface area contributed by atoms with Crippen LogP contribution in [0.1, 0.15) is 25.7 Å². The molecule has 1 aliphatic rings. The fourth-order valence-corrected chi connectivity index (χ4v) is 2.65. The van der Waals surface area contributed by atoms with E-state index in [4.69, 9.17) is 14.2 Å². The maximum Gasteiger partial charge on any atom is 0.162 e. The largest absolute Gasteiger partial charge is 0.493 e. The Morgan fingerprint density at radius 2 is 1.84 bits per heavy atom. The number of rotatable bonds is 5. The van der Waals surface area contributed by atoms with Crippen LogP contribution in [0.2, 0.25) is 0 Å². The van der Waals surface area contributed by atoms with Crippen LogP contribution in [0.15, 0.2) is 18.2 Å². The Morgan fingerprint density at radius 3 is 2.53 bits per heavy atom. The second kappa shape index (κ2) is 6.66. The Kier molecular flexibility index (Phi) is 4.91. The number of nitrogens with one attached hydrogen (secondary N) is 1. The highest BCUT2D eigenvalue weighted by molar-refractivity contribution is 5.55. The first-order valence-electron chi connectivity index (χ1n) is 6.78. The SMILES string of the molecule is COc1ccc(NC2CCCC(OC)C2)cc1OC. The zero-order valence-electron chi connectivity index (χ0n) is 11.9. The van der Waals surface area contributed by atoms with Gasteiger partial charge in [-0.3, -0.25) is 0 Å². The molecule has 0 aromatic heterocycles. The van der Waals surface area contributed by atoms with Gasteiger partial charge in [0, 0.05) is 24.9 Å². The van der Waals surface area contributed by atoms with Crippen LogP contribution in [-0.4, -0.2) is 33.5 Å². The lowest BCUT2D eigenvalue weighted by atomic mass is 9.92. The van der Waals surface area contributed by atoms with Crippen molar-refractivity contribution in [3.8, 4) is 11.5 Å². The number of hydrogen-bond acceptors (Lipinski definition) is 4. The monoisotopic (exact) mass is 265 g/mol. The topological polar surface area (TPSA) is 39.7 Å². The highest BCUT2D eigenvalue weighted by Gasteiger charge is 2.21. The van der Waals surface area contributed by atoms with Gasteiger partial charge in [-0.05, 0) is 37.8 Å². The molecule has 0 heterocycles. The van der Waals surface area contributed by atoms with Crippen molar-refractivity contribution in [1.82, 2.24) is 0 Å². The lowest BCUT2D eigenvalue weighted by Crippen LogP contribution is -2.30. The fraction of sp³-hybridized carbons (Fsp3) is 0.600. The van der Waals surface area contributed by atoms with Crippen LogP contribution >= 0.6 is 0 Å². The molecule has 0 bridgehead atoms. The van der Waals surface area contributed by atoms with Gasteiger partial charge in [0.1, 0.15) is 0 Å². The van der Waals surface area contributed by atoms with E-state index in [1.807, 2.05) is 18.2 Å². The summed E-state index contributed by atoms with van der Waals surface area (Å²) in [5, 5.41) is 3.56. The van der Waals surface area contributed by atoms with Crippen molar-refractivity contribution in [3.63, 3.8) is 0 Å². The molecule has 1 aromatic carbocycles. The summed E-state index contributed by atoms with van der Waals surface area (Å²) in [4.78, 5) is 0. The molecule has 0 radical (unpaired) electrons. The van der Waals surface area contributed by atoms with Crippen molar-refractivity contribution in [3.05, 3.63) is 18.2 Å². The van der Waals surface area contributed by atoms with Gasteiger partial charge in [0.15, 0.2) is 11.5 Å². The van der Waals surface area contributed by atoms with E-state index in [9.17, 15) is 0 Å². The Morgan fingerprint density at radius 1 is 1.05 bits per heavy atom. The zero-order chi connectivity index (χ0) is 13.7. The highest BCUT2D eigenvalue weighted by atomic mass is 16.5. The molecule has 1 aliphatic carbocycles. The van der Waals surface area contributed by atoms with E-state index in [0.717, 1.165) is 23.6 Å². The molecule has 4 nitrogen and oxygen atoms in total. The Hall–Kier alpha value is -1.42. The Labute approximate surface area is 115 Å². The van der Waals surface area contributed by atoms with Crippen LogP contribution in [0.25, 0.3) is 0 Å². The predicted molar refractivity (Wildman–Crippen MR) is 76.2 cm³/mol. The molecule has 2 unspecified atom stereocenters. The van der Waals surface area contributed by atoms with E-state index in [2.05, 4.69) is 5.32 Å². The van der Waals surface area contributed by atoms with Crippen molar-refractivity contribution in [1.29, 1.82) is 0 Å². The summed E-state index contributed by atoms with van der Waals surface area (Å²) in [7, 11) is 5.10. The van der Waals surface area contributed by atoms with Crippen LogP contribution in [0.4, 0.5) is 5.69 Å². The van der Waals surface area contributed by atoms with Gasteiger partial charge < -0.3 is 19.5 Å². The minimum absolute atomic E-state index is 0.381. The molecule has 1 saturated carbocycles. The second-order valence-corrected chi connectivity index (χ2v) is 4.94. The van der Waals surface area contributed by atoms with Crippen LogP contribution in [0.3, 0.4) is 0 Å². The van der Waals surface area contributed by atoms with E-state index in [1.165, 1.54) is 19.3 Å². The van der Waals surface area contributed by atoms with E-state index < -0.39 is 0 Å². The molecule has 4 heteroatoms. The molecule has 1 fully saturated rings. The number of hydrogen-bond donors (Lipinski definition) is 1. The predicted octanol–water partition coefficient (Wildman–Crippen LogP) is 3.07. The highest BCUT2D eigenvalue weighted by Crippen LogP contribution is 2.31. The second-order valence-electron chi connectivity index (χ2n) is 4.94. The first kappa shape index (κ1) is 14.0. The lowest BCUT2D eigenvalue weighted by molar-refractivity contribution is 0.0669. The van der Waals surface area contributed by atoms with E-state index in [1.54, 1.807) is 21.3 Å². The van der Waals surface area contributed by atoms with Gasteiger partial charge in [0.25, 0.3) is 0 Å². The van der Waals surface area contributed by atoms with E-state index >= 15 is 0 Å². The summed E-state index contributed by atoms with van der Waals surface area (Å²) in [6, 6.07) is 6.40. The quantitative estimate of drug-likeness (QED) is 0.888. The average Bonchev–Trinajstić information content (AvgIpc) is 2.47. The lowest BCUT2D eigenvalue weighted by Gasteiger charge is -2.29. The molecule has 0 spiro atoms. The third-order valence-corrected chi connectivity index (χ3v) is 3.71. The zero-order valence-corrected chi connectivity index (χ0v) is 11.9. The minimum Gasteiger partial charge on any atom is -0.493 e.